The third-order valence-corrected chi connectivity index (χ3v) is 4.69. The molecule has 2 N–H and O–H groups in total. The van der Waals surface area contributed by atoms with Crippen molar-refractivity contribution in [2.75, 3.05) is 11.9 Å². The van der Waals surface area contributed by atoms with Crippen LogP contribution in [0, 0.1) is 13.8 Å². The number of pyridine rings is 1. The summed E-state index contributed by atoms with van der Waals surface area (Å²) in [5.74, 6) is 1.30. The number of aromatic nitrogens is 1. The highest BCUT2D eigenvalue weighted by Gasteiger charge is 2.17. The predicted molar refractivity (Wildman–Crippen MR) is 112 cm³/mol. The lowest BCUT2D eigenvalue weighted by atomic mass is 10.1. The van der Waals surface area contributed by atoms with Crippen molar-refractivity contribution < 1.29 is 19.1 Å². The van der Waals surface area contributed by atoms with E-state index in [0.717, 1.165) is 22.4 Å². The SMILES string of the molecule is Cc1ccc(C)c(Oc2ccc(CNC(=O)c3ccc4c(c3)OCC(=O)N4)cn2)c1. The summed E-state index contributed by atoms with van der Waals surface area (Å²) in [4.78, 5) is 28.1. The molecule has 0 aliphatic carbocycles. The van der Waals surface area contributed by atoms with Gasteiger partial charge in [-0.3, -0.25) is 9.59 Å². The molecule has 2 amide bonds. The van der Waals surface area contributed by atoms with Gasteiger partial charge in [0.05, 0.1) is 5.69 Å². The van der Waals surface area contributed by atoms with Gasteiger partial charge in [0.25, 0.3) is 11.8 Å². The molecule has 1 aromatic heterocycles. The van der Waals surface area contributed by atoms with Crippen LogP contribution in [0.3, 0.4) is 0 Å². The molecule has 7 heteroatoms. The smallest absolute Gasteiger partial charge is 0.262 e. The van der Waals surface area contributed by atoms with Gasteiger partial charge >= 0.3 is 0 Å². The maximum atomic E-state index is 12.4. The highest BCUT2D eigenvalue weighted by molar-refractivity contribution is 5.98. The summed E-state index contributed by atoms with van der Waals surface area (Å²) in [5.41, 5.74) is 4.01. The molecule has 0 atom stereocenters. The van der Waals surface area contributed by atoms with Crippen LogP contribution in [0.25, 0.3) is 0 Å². The van der Waals surface area contributed by atoms with Gasteiger partial charge in [-0.1, -0.05) is 18.2 Å². The fraction of sp³-hybridized carbons (Fsp3) is 0.174. The van der Waals surface area contributed by atoms with E-state index in [0.29, 0.717) is 29.4 Å². The number of amides is 2. The van der Waals surface area contributed by atoms with Crippen LogP contribution in [0.15, 0.2) is 54.7 Å². The Morgan fingerprint density at radius 3 is 2.83 bits per heavy atom. The zero-order valence-corrected chi connectivity index (χ0v) is 16.7. The second-order valence-corrected chi connectivity index (χ2v) is 7.11. The molecule has 0 saturated heterocycles. The third-order valence-electron chi connectivity index (χ3n) is 4.69. The molecule has 2 heterocycles. The van der Waals surface area contributed by atoms with Crippen LogP contribution < -0.4 is 20.1 Å². The van der Waals surface area contributed by atoms with Crippen molar-refractivity contribution in [3.05, 3.63) is 77.0 Å². The highest BCUT2D eigenvalue weighted by atomic mass is 16.5. The van der Waals surface area contributed by atoms with E-state index in [2.05, 4.69) is 15.6 Å². The van der Waals surface area contributed by atoms with E-state index in [1.165, 1.54) is 0 Å². The number of carbonyl (C=O) groups is 2. The number of anilines is 1. The molecule has 2 aromatic carbocycles. The number of rotatable bonds is 5. The Hall–Kier alpha value is -3.87. The number of aryl methyl sites for hydroxylation is 2. The number of nitrogens with zero attached hydrogens (tertiary/aromatic N) is 1. The number of benzene rings is 2. The van der Waals surface area contributed by atoms with Crippen LogP contribution in [0.2, 0.25) is 0 Å². The van der Waals surface area contributed by atoms with Crippen molar-refractivity contribution in [2.45, 2.75) is 20.4 Å². The number of fused-ring (bicyclic) bond motifs is 1. The Labute approximate surface area is 174 Å². The molecule has 0 unspecified atom stereocenters. The van der Waals surface area contributed by atoms with Crippen LogP contribution in [0.4, 0.5) is 5.69 Å². The third kappa shape index (κ3) is 4.41. The number of carbonyl (C=O) groups excluding carboxylic acids is 2. The maximum Gasteiger partial charge on any atom is 0.262 e. The average Bonchev–Trinajstić information content (AvgIpc) is 2.75. The molecule has 1 aliphatic heterocycles. The number of hydrogen-bond acceptors (Lipinski definition) is 5. The first-order valence-corrected chi connectivity index (χ1v) is 9.53. The van der Waals surface area contributed by atoms with Crippen molar-refractivity contribution in [1.82, 2.24) is 10.3 Å². The molecule has 0 radical (unpaired) electrons. The van der Waals surface area contributed by atoms with Crippen molar-refractivity contribution in [3.8, 4) is 17.4 Å². The Bertz CT molecular complexity index is 1110. The molecule has 30 heavy (non-hydrogen) atoms. The minimum absolute atomic E-state index is 0.0553. The van der Waals surface area contributed by atoms with E-state index >= 15 is 0 Å². The molecular weight excluding hydrogens is 382 g/mol. The predicted octanol–water partition coefficient (Wildman–Crippen LogP) is 3.75. The summed E-state index contributed by atoms with van der Waals surface area (Å²) in [6, 6.07) is 14.6. The minimum atomic E-state index is -0.242. The second kappa shape index (κ2) is 8.24. The molecule has 7 nitrogen and oxygen atoms in total. The summed E-state index contributed by atoms with van der Waals surface area (Å²) in [5, 5.41) is 5.55. The van der Waals surface area contributed by atoms with Crippen molar-refractivity contribution in [3.63, 3.8) is 0 Å². The van der Waals surface area contributed by atoms with Gasteiger partial charge < -0.3 is 20.1 Å². The average molecular weight is 403 g/mol. The van der Waals surface area contributed by atoms with Crippen LogP contribution in [0.1, 0.15) is 27.0 Å². The molecule has 4 rings (SSSR count). The van der Waals surface area contributed by atoms with Gasteiger partial charge in [0.2, 0.25) is 5.88 Å². The summed E-state index contributed by atoms with van der Waals surface area (Å²) in [6.07, 6.45) is 1.67. The second-order valence-electron chi connectivity index (χ2n) is 7.11. The van der Waals surface area contributed by atoms with E-state index < -0.39 is 0 Å². The van der Waals surface area contributed by atoms with Crippen molar-refractivity contribution in [1.29, 1.82) is 0 Å². The molecule has 152 valence electrons. The van der Waals surface area contributed by atoms with Crippen LogP contribution in [0.5, 0.6) is 17.4 Å². The van der Waals surface area contributed by atoms with Crippen molar-refractivity contribution in [2.24, 2.45) is 0 Å². The van der Waals surface area contributed by atoms with Gasteiger partial charge in [-0.15, -0.1) is 0 Å². The summed E-state index contributed by atoms with van der Waals surface area (Å²) >= 11 is 0. The normalized spacial score (nSPS) is 12.4. The Morgan fingerprint density at radius 1 is 1.17 bits per heavy atom. The van der Waals surface area contributed by atoms with E-state index in [4.69, 9.17) is 9.47 Å². The Morgan fingerprint density at radius 2 is 2.03 bits per heavy atom. The molecular formula is C23H21N3O4. The van der Waals surface area contributed by atoms with Crippen LogP contribution in [-0.4, -0.2) is 23.4 Å². The van der Waals surface area contributed by atoms with Gasteiger partial charge in [0, 0.05) is 24.4 Å². The first-order chi connectivity index (χ1) is 14.5. The van der Waals surface area contributed by atoms with Gasteiger partial charge in [-0.2, -0.15) is 0 Å². The minimum Gasteiger partial charge on any atom is -0.482 e. The summed E-state index contributed by atoms with van der Waals surface area (Å²) in [6.45, 7) is 4.26. The molecule has 0 fully saturated rings. The van der Waals surface area contributed by atoms with E-state index in [1.807, 2.05) is 38.1 Å². The number of ether oxygens (including phenoxy) is 2. The first-order valence-electron chi connectivity index (χ1n) is 9.53. The molecule has 1 aliphatic rings. The largest absolute Gasteiger partial charge is 0.482 e. The highest BCUT2D eigenvalue weighted by Crippen LogP contribution is 2.28. The van der Waals surface area contributed by atoms with Gasteiger partial charge in [-0.25, -0.2) is 4.98 Å². The van der Waals surface area contributed by atoms with E-state index in [9.17, 15) is 9.59 Å². The maximum absolute atomic E-state index is 12.4. The Balaban J connectivity index is 1.36. The lowest BCUT2D eigenvalue weighted by Gasteiger charge is -2.18. The number of hydrogen-bond donors (Lipinski definition) is 2. The number of nitrogens with one attached hydrogen (secondary N) is 2. The first kappa shape index (κ1) is 19.4. The van der Waals surface area contributed by atoms with Crippen LogP contribution >= 0.6 is 0 Å². The summed E-state index contributed by atoms with van der Waals surface area (Å²) in [7, 11) is 0. The fourth-order valence-electron chi connectivity index (χ4n) is 3.01. The monoisotopic (exact) mass is 403 g/mol. The quantitative estimate of drug-likeness (QED) is 0.677. The van der Waals surface area contributed by atoms with Gasteiger partial charge in [0.1, 0.15) is 11.5 Å². The lowest BCUT2D eigenvalue weighted by Crippen LogP contribution is -2.26. The van der Waals surface area contributed by atoms with E-state index in [-0.39, 0.29) is 18.4 Å². The molecule has 0 bridgehead atoms. The topological polar surface area (TPSA) is 89.5 Å². The molecule has 0 spiro atoms. The van der Waals surface area contributed by atoms with Gasteiger partial charge in [-0.05, 0) is 54.8 Å². The lowest BCUT2D eigenvalue weighted by molar-refractivity contribution is -0.118. The van der Waals surface area contributed by atoms with E-state index in [1.54, 1.807) is 30.5 Å². The zero-order chi connectivity index (χ0) is 21.1. The van der Waals surface area contributed by atoms with Crippen LogP contribution in [-0.2, 0) is 11.3 Å². The molecule has 0 saturated carbocycles. The summed E-state index contributed by atoms with van der Waals surface area (Å²) < 4.78 is 11.2. The van der Waals surface area contributed by atoms with Crippen molar-refractivity contribution >= 4 is 17.5 Å². The Kier molecular flexibility index (Phi) is 5.34. The standard InChI is InChI=1S/C23H21N3O4/c1-14-3-4-15(2)19(9-14)30-22-8-5-16(11-24-22)12-25-23(28)17-6-7-18-20(10-17)29-13-21(27)26-18/h3-11H,12-13H2,1-2H3,(H,25,28)(H,26,27). The fourth-order valence-corrected chi connectivity index (χ4v) is 3.01. The molecule has 3 aromatic rings. The zero-order valence-electron chi connectivity index (χ0n) is 16.7. The van der Waals surface area contributed by atoms with Gasteiger partial charge in [0.15, 0.2) is 6.61 Å².